The van der Waals surface area contributed by atoms with E-state index in [1.165, 1.54) is 18.0 Å². The Morgan fingerprint density at radius 3 is 2.26 bits per heavy atom. The molecule has 0 unspecified atom stereocenters. The summed E-state index contributed by atoms with van der Waals surface area (Å²) in [5.74, 6) is -0.865. The fourth-order valence-corrected chi connectivity index (χ4v) is 2.42. The zero-order valence-corrected chi connectivity index (χ0v) is 12.1. The highest BCUT2D eigenvalue weighted by Crippen LogP contribution is 2.25. The number of nitrogens with zero attached hydrogens (tertiary/aromatic N) is 4. The van der Waals surface area contributed by atoms with Crippen LogP contribution in [0.5, 0.6) is 5.88 Å². The lowest BCUT2D eigenvalue weighted by Crippen LogP contribution is -2.33. The van der Waals surface area contributed by atoms with Crippen molar-refractivity contribution >= 4 is 17.5 Å². The Hall–Kier alpha value is -3.23. The fourth-order valence-electron chi connectivity index (χ4n) is 2.42. The van der Waals surface area contributed by atoms with Gasteiger partial charge in [0.05, 0.1) is 29.7 Å². The Morgan fingerprint density at radius 1 is 1.17 bits per heavy atom. The third-order valence-electron chi connectivity index (χ3n) is 3.53. The van der Waals surface area contributed by atoms with E-state index in [0.717, 1.165) is 4.90 Å². The number of carbonyl (C=O) groups is 2. The first kappa shape index (κ1) is 14.7. The van der Waals surface area contributed by atoms with Gasteiger partial charge in [-0.05, 0) is 12.1 Å². The third-order valence-corrected chi connectivity index (χ3v) is 3.53. The molecule has 0 bridgehead atoms. The van der Waals surface area contributed by atoms with E-state index >= 15 is 0 Å². The van der Waals surface area contributed by atoms with E-state index < -0.39 is 4.92 Å². The molecule has 0 fully saturated rings. The first-order valence-electron chi connectivity index (χ1n) is 6.74. The van der Waals surface area contributed by atoms with Gasteiger partial charge in [0, 0.05) is 6.54 Å². The molecule has 1 aromatic carbocycles. The van der Waals surface area contributed by atoms with Gasteiger partial charge in [-0.25, -0.2) is 0 Å². The SMILES string of the molecule is COc1nn(CCN2C(=O)c3ccccc3C2=O)cc1[N+](=O)[O-]. The molecule has 0 N–H and O–H groups in total. The number of methoxy groups -OCH3 is 1. The summed E-state index contributed by atoms with van der Waals surface area (Å²) < 4.78 is 6.11. The second kappa shape index (κ2) is 5.52. The number of rotatable bonds is 5. The first-order chi connectivity index (χ1) is 11.0. The molecule has 1 aliphatic rings. The van der Waals surface area contributed by atoms with Crippen molar-refractivity contribution in [3.05, 3.63) is 51.7 Å². The largest absolute Gasteiger partial charge is 0.475 e. The van der Waals surface area contributed by atoms with Gasteiger partial charge in [-0.15, -0.1) is 5.10 Å². The zero-order chi connectivity index (χ0) is 16.6. The normalized spacial score (nSPS) is 13.3. The van der Waals surface area contributed by atoms with E-state index in [4.69, 9.17) is 4.74 Å². The van der Waals surface area contributed by atoms with Crippen LogP contribution in [0, 0.1) is 10.1 Å². The molecule has 2 heterocycles. The number of nitro groups is 1. The number of hydrogen-bond donors (Lipinski definition) is 0. The van der Waals surface area contributed by atoms with Crippen LogP contribution in [-0.2, 0) is 6.54 Å². The Kier molecular flexibility index (Phi) is 3.53. The van der Waals surface area contributed by atoms with Gasteiger partial charge in [0.2, 0.25) is 0 Å². The second-order valence-corrected chi connectivity index (χ2v) is 4.85. The van der Waals surface area contributed by atoms with Crippen molar-refractivity contribution < 1.29 is 19.2 Å². The van der Waals surface area contributed by atoms with Crippen molar-refractivity contribution in [2.75, 3.05) is 13.7 Å². The maximum absolute atomic E-state index is 12.2. The zero-order valence-electron chi connectivity index (χ0n) is 12.1. The summed E-state index contributed by atoms with van der Waals surface area (Å²) in [6, 6.07) is 6.57. The summed E-state index contributed by atoms with van der Waals surface area (Å²) in [6.07, 6.45) is 1.21. The first-order valence-corrected chi connectivity index (χ1v) is 6.74. The number of aromatic nitrogens is 2. The van der Waals surface area contributed by atoms with Crippen LogP contribution in [0.1, 0.15) is 20.7 Å². The molecule has 2 aromatic rings. The predicted molar refractivity (Wildman–Crippen MR) is 77.2 cm³/mol. The molecule has 2 amide bonds. The number of fused-ring (bicyclic) bond motifs is 1. The number of ether oxygens (including phenoxy) is 1. The summed E-state index contributed by atoms with van der Waals surface area (Å²) in [6.45, 7) is 0.198. The molecule has 9 heteroatoms. The highest BCUT2D eigenvalue weighted by molar-refractivity contribution is 6.21. The molecule has 118 valence electrons. The maximum Gasteiger partial charge on any atom is 0.350 e. The Balaban J connectivity index is 1.76. The van der Waals surface area contributed by atoms with Crippen molar-refractivity contribution in [2.45, 2.75) is 6.54 Å². The summed E-state index contributed by atoms with van der Waals surface area (Å²) >= 11 is 0. The molecule has 0 radical (unpaired) electrons. The number of amides is 2. The van der Waals surface area contributed by atoms with Crippen LogP contribution in [0.25, 0.3) is 0 Å². The fraction of sp³-hybridized carbons (Fsp3) is 0.214. The lowest BCUT2D eigenvalue weighted by Gasteiger charge is -2.13. The third kappa shape index (κ3) is 2.41. The standard InChI is InChI=1S/C14H12N4O5/c1-23-12-11(18(21)22)8-16(15-12)6-7-17-13(19)9-4-2-3-5-10(9)14(17)20/h2-5,8H,6-7H2,1H3. The van der Waals surface area contributed by atoms with Crippen LogP contribution in [0.2, 0.25) is 0 Å². The lowest BCUT2D eigenvalue weighted by molar-refractivity contribution is -0.385. The highest BCUT2D eigenvalue weighted by atomic mass is 16.6. The van der Waals surface area contributed by atoms with E-state index in [0.29, 0.717) is 11.1 Å². The molecule has 0 spiro atoms. The smallest absolute Gasteiger partial charge is 0.350 e. The van der Waals surface area contributed by atoms with Crippen LogP contribution in [-0.4, -0.2) is 45.1 Å². The van der Waals surface area contributed by atoms with Crippen LogP contribution in [0.4, 0.5) is 5.69 Å². The number of benzene rings is 1. The number of imide groups is 1. The quantitative estimate of drug-likeness (QED) is 0.464. The van der Waals surface area contributed by atoms with E-state index in [1.54, 1.807) is 24.3 Å². The minimum absolute atomic E-state index is 0.0638. The average Bonchev–Trinajstić information content (AvgIpc) is 3.07. The maximum atomic E-state index is 12.2. The van der Waals surface area contributed by atoms with Crippen LogP contribution in [0.3, 0.4) is 0 Å². The average molecular weight is 316 g/mol. The minimum atomic E-state index is -0.607. The number of carbonyl (C=O) groups excluding carboxylic acids is 2. The van der Waals surface area contributed by atoms with Gasteiger partial charge in [-0.2, -0.15) is 0 Å². The van der Waals surface area contributed by atoms with Crippen molar-refractivity contribution in [3.8, 4) is 5.88 Å². The van der Waals surface area contributed by atoms with Gasteiger partial charge in [-0.3, -0.25) is 29.3 Å². The molecule has 1 aliphatic heterocycles. The van der Waals surface area contributed by atoms with E-state index in [2.05, 4.69) is 5.10 Å². The Bertz CT molecular complexity index is 778. The van der Waals surface area contributed by atoms with E-state index in [1.807, 2.05) is 0 Å². The van der Waals surface area contributed by atoms with Crippen molar-refractivity contribution in [3.63, 3.8) is 0 Å². The lowest BCUT2D eigenvalue weighted by atomic mass is 10.1. The van der Waals surface area contributed by atoms with Crippen molar-refractivity contribution in [1.29, 1.82) is 0 Å². The molecule has 9 nitrogen and oxygen atoms in total. The Labute approximate surface area is 130 Å². The van der Waals surface area contributed by atoms with Gasteiger partial charge in [0.15, 0.2) is 0 Å². The molecular formula is C14H12N4O5. The number of hydrogen-bond acceptors (Lipinski definition) is 6. The molecule has 0 aliphatic carbocycles. The van der Waals surface area contributed by atoms with Gasteiger partial charge < -0.3 is 4.74 Å². The predicted octanol–water partition coefficient (Wildman–Crippen LogP) is 1.10. The van der Waals surface area contributed by atoms with Crippen LogP contribution < -0.4 is 4.74 Å². The topological polar surface area (TPSA) is 108 Å². The van der Waals surface area contributed by atoms with Crippen LogP contribution >= 0.6 is 0 Å². The molecule has 3 rings (SSSR count). The van der Waals surface area contributed by atoms with Gasteiger partial charge in [0.1, 0.15) is 6.20 Å². The van der Waals surface area contributed by atoms with Gasteiger partial charge >= 0.3 is 11.6 Å². The summed E-state index contributed by atoms with van der Waals surface area (Å²) in [5.41, 5.74) is 0.456. The molecule has 0 saturated heterocycles. The summed E-state index contributed by atoms with van der Waals surface area (Å²) in [7, 11) is 1.28. The minimum Gasteiger partial charge on any atom is -0.475 e. The molecule has 1 aromatic heterocycles. The molecule has 0 atom stereocenters. The molecule has 0 saturated carbocycles. The van der Waals surface area contributed by atoms with E-state index in [9.17, 15) is 19.7 Å². The molecular weight excluding hydrogens is 304 g/mol. The van der Waals surface area contributed by atoms with Crippen LogP contribution in [0.15, 0.2) is 30.5 Å². The Morgan fingerprint density at radius 2 is 1.78 bits per heavy atom. The van der Waals surface area contributed by atoms with Gasteiger partial charge in [-0.1, -0.05) is 12.1 Å². The molecule has 23 heavy (non-hydrogen) atoms. The monoisotopic (exact) mass is 316 g/mol. The van der Waals surface area contributed by atoms with E-state index in [-0.39, 0.29) is 36.5 Å². The van der Waals surface area contributed by atoms with Crippen molar-refractivity contribution in [2.24, 2.45) is 0 Å². The summed E-state index contributed by atoms with van der Waals surface area (Å²) in [4.78, 5) is 35.8. The van der Waals surface area contributed by atoms with Gasteiger partial charge in [0.25, 0.3) is 11.8 Å². The van der Waals surface area contributed by atoms with Crippen molar-refractivity contribution in [1.82, 2.24) is 14.7 Å². The second-order valence-electron chi connectivity index (χ2n) is 4.85. The summed E-state index contributed by atoms with van der Waals surface area (Å²) in [5, 5.41) is 14.8. The highest BCUT2D eigenvalue weighted by Gasteiger charge is 2.34.